The number of fused-ring (bicyclic) bond motifs is 1. The van der Waals surface area contributed by atoms with Crippen LogP contribution in [0.15, 0.2) is 42.5 Å². The second-order valence-corrected chi connectivity index (χ2v) is 5.59. The van der Waals surface area contributed by atoms with E-state index < -0.39 is 11.7 Å². The number of nitrogens with one attached hydrogen (secondary N) is 1. The summed E-state index contributed by atoms with van der Waals surface area (Å²) in [6.07, 6.45) is 0.884. The Balaban J connectivity index is 1.99. The number of hydrogen-bond donors (Lipinski definition) is 1. The van der Waals surface area contributed by atoms with Crippen molar-refractivity contribution in [3.8, 4) is 0 Å². The highest BCUT2D eigenvalue weighted by atomic mass is 35.5. The molecule has 6 heteroatoms. The summed E-state index contributed by atoms with van der Waals surface area (Å²) in [6.45, 7) is 2.74. The number of imidazole rings is 1. The zero-order chi connectivity index (χ0) is 16.4. The molecule has 0 unspecified atom stereocenters. The Kier molecular flexibility index (Phi) is 4.30. The van der Waals surface area contributed by atoms with Crippen LogP contribution in [0.1, 0.15) is 23.7 Å². The minimum Gasteiger partial charge on any atom is -0.310 e. The topological polar surface area (TPSA) is 46.9 Å². The lowest BCUT2D eigenvalue weighted by molar-refractivity contribution is 0.102. The van der Waals surface area contributed by atoms with E-state index in [4.69, 9.17) is 11.6 Å². The summed E-state index contributed by atoms with van der Waals surface area (Å²) >= 11 is 5.84. The number of halogens is 2. The number of hydrogen-bond acceptors (Lipinski definition) is 2. The first kappa shape index (κ1) is 15.5. The largest absolute Gasteiger partial charge is 0.310 e. The molecule has 0 aliphatic carbocycles. The summed E-state index contributed by atoms with van der Waals surface area (Å²) in [4.78, 5) is 16.8. The van der Waals surface area contributed by atoms with Crippen LogP contribution in [0.2, 0.25) is 5.02 Å². The first-order valence-corrected chi connectivity index (χ1v) is 7.69. The molecule has 2 aromatic carbocycles. The van der Waals surface area contributed by atoms with Crippen LogP contribution >= 0.6 is 11.6 Å². The van der Waals surface area contributed by atoms with E-state index in [1.807, 2.05) is 35.8 Å². The number of aryl methyl sites for hydroxylation is 1. The molecule has 0 radical (unpaired) electrons. The number of amides is 1. The Morgan fingerprint density at radius 3 is 2.87 bits per heavy atom. The molecule has 1 N–H and O–H groups in total. The minimum absolute atomic E-state index is 0.104. The van der Waals surface area contributed by atoms with Crippen LogP contribution in [0.25, 0.3) is 11.0 Å². The van der Waals surface area contributed by atoms with Gasteiger partial charge in [-0.15, -0.1) is 0 Å². The van der Waals surface area contributed by atoms with Gasteiger partial charge >= 0.3 is 0 Å². The third-order valence-corrected chi connectivity index (χ3v) is 3.74. The predicted molar refractivity (Wildman–Crippen MR) is 89.4 cm³/mol. The van der Waals surface area contributed by atoms with Crippen molar-refractivity contribution in [1.29, 1.82) is 0 Å². The van der Waals surface area contributed by atoms with Gasteiger partial charge in [0.2, 0.25) is 5.95 Å². The molecule has 0 aliphatic heterocycles. The molecule has 0 saturated heterocycles. The van der Waals surface area contributed by atoms with E-state index in [0.29, 0.717) is 17.5 Å². The number of carbonyl (C=O) groups excluding carboxylic acids is 1. The molecule has 118 valence electrons. The third kappa shape index (κ3) is 3.05. The summed E-state index contributed by atoms with van der Waals surface area (Å²) < 4.78 is 15.7. The molecule has 3 rings (SSSR count). The van der Waals surface area contributed by atoms with Crippen LogP contribution in [-0.4, -0.2) is 15.5 Å². The van der Waals surface area contributed by atoms with Gasteiger partial charge in [0.05, 0.1) is 16.6 Å². The number of aromatic nitrogens is 2. The molecule has 3 aromatic rings. The molecular formula is C17H15ClFN3O. The van der Waals surface area contributed by atoms with Crippen molar-refractivity contribution in [1.82, 2.24) is 9.55 Å². The summed E-state index contributed by atoms with van der Waals surface area (Å²) in [6, 6.07) is 11.5. The average molecular weight is 332 g/mol. The fourth-order valence-corrected chi connectivity index (χ4v) is 2.63. The Morgan fingerprint density at radius 1 is 1.30 bits per heavy atom. The SMILES string of the molecule is CCCn1c(NC(=O)c2cc(Cl)ccc2F)nc2ccccc21. The van der Waals surface area contributed by atoms with Gasteiger partial charge in [-0.3, -0.25) is 10.1 Å². The molecule has 0 saturated carbocycles. The van der Waals surface area contributed by atoms with Gasteiger partial charge in [0.1, 0.15) is 5.82 Å². The molecule has 1 amide bonds. The standard InChI is InChI=1S/C17H15ClFN3O/c1-2-9-22-15-6-4-3-5-14(15)20-17(22)21-16(23)12-10-11(18)7-8-13(12)19/h3-8,10H,2,9H2,1H3,(H,20,21,23). The number of rotatable bonds is 4. The highest BCUT2D eigenvalue weighted by Crippen LogP contribution is 2.22. The number of benzene rings is 2. The van der Waals surface area contributed by atoms with Gasteiger partial charge in [-0.1, -0.05) is 30.7 Å². The highest BCUT2D eigenvalue weighted by molar-refractivity contribution is 6.31. The maximum Gasteiger partial charge on any atom is 0.260 e. The molecule has 0 atom stereocenters. The van der Waals surface area contributed by atoms with Crippen molar-refractivity contribution in [2.24, 2.45) is 0 Å². The molecule has 0 spiro atoms. The molecule has 23 heavy (non-hydrogen) atoms. The first-order chi connectivity index (χ1) is 11.1. The fraction of sp³-hybridized carbons (Fsp3) is 0.176. The predicted octanol–water partition coefficient (Wildman–Crippen LogP) is 4.49. The van der Waals surface area contributed by atoms with Crippen molar-refractivity contribution < 1.29 is 9.18 Å². The van der Waals surface area contributed by atoms with Crippen LogP contribution in [0.3, 0.4) is 0 Å². The van der Waals surface area contributed by atoms with E-state index in [9.17, 15) is 9.18 Å². The van der Waals surface area contributed by atoms with Gasteiger partial charge in [-0.2, -0.15) is 0 Å². The normalized spacial score (nSPS) is 10.9. The molecule has 4 nitrogen and oxygen atoms in total. The average Bonchev–Trinajstić information content (AvgIpc) is 2.88. The van der Waals surface area contributed by atoms with Crippen LogP contribution in [0.4, 0.5) is 10.3 Å². The van der Waals surface area contributed by atoms with Gasteiger partial charge < -0.3 is 4.57 Å². The van der Waals surface area contributed by atoms with Crippen LogP contribution < -0.4 is 5.32 Å². The van der Waals surface area contributed by atoms with Gasteiger partial charge in [-0.25, -0.2) is 9.37 Å². The summed E-state index contributed by atoms with van der Waals surface area (Å²) in [5.74, 6) is -0.792. The third-order valence-electron chi connectivity index (χ3n) is 3.50. The minimum atomic E-state index is -0.620. The quantitative estimate of drug-likeness (QED) is 0.765. The number of anilines is 1. The van der Waals surface area contributed by atoms with Gasteiger partial charge in [-0.05, 0) is 36.8 Å². The first-order valence-electron chi connectivity index (χ1n) is 7.32. The van der Waals surface area contributed by atoms with E-state index in [2.05, 4.69) is 10.3 Å². The van der Waals surface area contributed by atoms with E-state index in [0.717, 1.165) is 17.5 Å². The lowest BCUT2D eigenvalue weighted by atomic mass is 10.2. The van der Waals surface area contributed by atoms with Crippen molar-refractivity contribution in [2.75, 3.05) is 5.32 Å². The fourth-order valence-electron chi connectivity index (χ4n) is 2.46. The monoisotopic (exact) mass is 331 g/mol. The zero-order valence-corrected chi connectivity index (χ0v) is 13.3. The zero-order valence-electron chi connectivity index (χ0n) is 12.5. The number of nitrogens with zero attached hydrogens (tertiary/aromatic N) is 2. The maximum atomic E-state index is 13.8. The number of carbonyl (C=O) groups is 1. The van der Waals surface area contributed by atoms with Gasteiger partial charge in [0.15, 0.2) is 0 Å². The van der Waals surface area contributed by atoms with Gasteiger partial charge in [0.25, 0.3) is 5.91 Å². The molecule has 1 aromatic heterocycles. The van der Waals surface area contributed by atoms with E-state index in [1.54, 1.807) is 0 Å². The Hall–Kier alpha value is -2.40. The highest BCUT2D eigenvalue weighted by Gasteiger charge is 2.17. The second-order valence-electron chi connectivity index (χ2n) is 5.15. The smallest absolute Gasteiger partial charge is 0.260 e. The summed E-state index contributed by atoms with van der Waals surface area (Å²) in [5.41, 5.74) is 1.60. The van der Waals surface area contributed by atoms with Crippen molar-refractivity contribution in [3.63, 3.8) is 0 Å². The van der Waals surface area contributed by atoms with E-state index >= 15 is 0 Å². The second kappa shape index (κ2) is 6.38. The molecule has 0 fully saturated rings. The lowest BCUT2D eigenvalue weighted by Crippen LogP contribution is -2.17. The van der Waals surface area contributed by atoms with Crippen molar-refractivity contribution in [2.45, 2.75) is 19.9 Å². The molecule has 0 aliphatic rings. The Labute approximate surface area is 137 Å². The van der Waals surface area contributed by atoms with Crippen molar-refractivity contribution >= 4 is 34.5 Å². The van der Waals surface area contributed by atoms with Gasteiger partial charge in [0, 0.05) is 11.6 Å². The molecular weight excluding hydrogens is 317 g/mol. The van der Waals surface area contributed by atoms with Crippen LogP contribution in [0, 0.1) is 5.82 Å². The van der Waals surface area contributed by atoms with E-state index in [-0.39, 0.29) is 5.56 Å². The number of para-hydroxylation sites is 2. The summed E-state index contributed by atoms with van der Waals surface area (Å²) in [5, 5.41) is 2.99. The Bertz CT molecular complexity index is 875. The van der Waals surface area contributed by atoms with E-state index in [1.165, 1.54) is 18.2 Å². The maximum absolute atomic E-state index is 13.8. The molecule has 1 heterocycles. The molecule has 0 bridgehead atoms. The summed E-state index contributed by atoms with van der Waals surface area (Å²) in [7, 11) is 0. The Morgan fingerprint density at radius 2 is 2.09 bits per heavy atom. The van der Waals surface area contributed by atoms with Crippen LogP contribution in [0.5, 0.6) is 0 Å². The lowest BCUT2D eigenvalue weighted by Gasteiger charge is -2.09. The van der Waals surface area contributed by atoms with Crippen LogP contribution in [-0.2, 0) is 6.54 Å². The van der Waals surface area contributed by atoms with Crippen molar-refractivity contribution in [3.05, 3.63) is 58.9 Å².